The van der Waals surface area contributed by atoms with Crippen LogP contribution in [0.1, 0.15) is 46.5 Å². The van der Waals surface area contributed by atoms with Crippen molar-refractivity contribution in [3.8, 4) is 0 Å². The number of rotatable bonds is 6. The molecule has 1 amide bonds. The molecule has 1 aliphatic heterocycles. The third-order valence-electron chi connectivity index (χ3n) is 4.02. The standard InChI is InChI=1S/C14H29N3O/c1-4-7-13(15)14(18)17-10-8-12(9-11-17)16(5-2)6-3/h12-13H,4-11,15H2,1-3H3. The first-order chi connectivity index (χ1) is 8.63. The summed E-state index contributed by atoms with van der Waals surface area (Å²) in [6.45, 7) is 10.4. The molecule has 2 N–H and O–H groups in total. The van der Waals surface area contributed by atoms with Crippen LogP contribution < -0.4 is 5.73 Å². The molecular weight excluding hydrogens is 226 g/mol. The normalized spacial score (nSPS) is 19.3. The highest BCUT2D eigenvalue weighted by molar-refractivity contribution is 5.81. The van der Waals surface area contributed by atoms with Crippen LogP contribution in [0.4, 0.5) is 0 Å². The number of carbonyl (C=O) groups is 1. The van der Waals surface area contributed by atoms with Gasteiger partial charge >= 0.3 is 0 Å². The maximum atomic E-state index is 12.1. The van der Waals surface area contributed by atoms with Gasteiger partial charge < -0.3 is 15.5 Å². The van der Waals surface area contributed by atoms with Gasteiger partial charge in [-0.25, -0.2) is 0 Å². The van der Waals surface area contributed by atoms with Crippen LogP contribution in [0.3, 0.4) is 0 Å². The van der Waals surface area contributed by atoms with E-state index in [1.54, 1.807) is 0 Å². The molecule has 4 heteroatoms. The third-order valence-corrected chi connectivity index (χ3v) is 4.02. The van der Waals surface area contributed by atoms with E-state index in [4.69, 9.17) is 5.73 Å². The third kappa shape index (κ3) is 3.95. The summed E-state index contributed by atoms with van der Waals surface area (Å²) in [5.41, 5.74) is 5.90. The number of hydrogen-bond acceptors (Lipinski definition) is 3. The van der Waals surface area contributed by atoms with Gasteiger partial charge in [-0.05, 0) is 32.4 Å². The highest BCUT2D eigenvalue weighted by Crippen LogP contribution is 2.17. The zero-order valence-corrected chi connectivity index (χ0v) is 12.2. The average molecular weight is 255 g/mol. The van der Waals surface area contributed by atoms with Crippen molar-refractivity contribution in [2.24, 2.45) is 5.73 Å². The van der Waals surface area contributed by atoms with E-state index in [-0.39, 0.29) is 11.9 Å². The first-order valence-electron chi connectivity index (χ1n) is 7.42. The molecule has 1 fully saturated rings. The number of nitrogens with zero attached hydrogens (tertiary/aromatic N) is 2. The van der Waals surface area contributed by atoms with Gasteiger partial charge in [0.05, 0.1) is 6.04 Å². The van der Waals surface area contributed by atoms with E-state index in [1.165, 1.54) is 0 Å². The van der Waals surface area contributed by atoms with Crippen LogP contribution in [0.25, 0.3) is 0 Å². The number of piperidine rings is 1. The molecule has 0 aliphatic carbocycles. The van der Waals surface area contributed by atoms with E-state index in [2.05, 4.69) is 25.7 Å². The number of amides is 1. The van der Waals surface area contributed by atoms with Gasteiger partial charge in [0, 0.05) is 19.1 Å². The van der Waals surface area contributed by atoms with Crippen molar-refractivity contribution in [3.05, 3.63) is 0 Å². The molecule has 1 aliphatic rings. The van der Waals surface area contributed by atoms with Crippen molar-refractivity contribution in [3.63, 3.8) is 0 Å². The molecule has 1 atom stereocenters. The van der Waals surface area contributed by atoms with Crippen LogP contribution in [0.5, 0.6) is 0 Å². The zero-order chi connectivity index (χ0) is 13.5. The SMILES string of the molecule is CCCC(N)C(=O)N1CCC(N(CC)CC)CC1. The molecule has 4 nitrogen and oxygen atoms in total. The van der Waals surface area contributed by atoms with Gasteiger partial charge in [-0.1, -0.05) is 27.2 Å². The number of likely N-dealkylation sites (tertiary alicyclic amines) is 1. The van der Waals surface area contributed by atoms with E-state index >= 15 is 0 Å². The van der Waals surface area contributed by atoms with Crippen LogP contribution in [0.2, 0.25) is 0 Å². The quantitative estimate of drug-likeness (QED) is 0.781. The van der Waals surface area contributed by atoms with Crippen molar-refractivity contribution >= 4 is 5.91 Å². The summed E-state index contributed by atoms with van der Waals surface area (Å²) in [5, 5.41) is 0. The Morgan fingerprint density at radius 1 is 1.28 bits per heavy atom. The van der Waals surface area contributed by atoms with Crippen LogP contribution in [0.15, 0.2) is 0 Å². The van der Waals surface area contributed by atoms with Gasteiger partial charge in [0.2, 0.25) is 5.91 Å². The molecule has 1 saturated heterocycles. The van der Waals surface area contributed by atoms with E-state index in [0.29, 0.717) is 6.04 Å². The summed E-state index contributed by atoms with van der Waals surface area (Å²) in [6.07, 6.45) is 3.95. The number of nitrogens with two attached hydrogens (primary N) is 1. The molecular formula is C14H29N3O. The Balaban J connectivity index is 2.41. The van der Waals surface area contributed by atoms with E-state index in [0.717, 1.165) is 51.9 Å². The molecule has 0 saturated carbocycles. The predicted octanol–water partition coefficient (Wildman–Crippen LogP) is 1.45. The molecule has 0 aromatic rings. The second-order valence-electron chi connectivity index (χ2n) is 5.17. The van der Waals surface area contributed by atoms with Gasteiger partial charge in [0.25, 0.3) is 0 Å². The summed E-state index contributed by atoms with van der Waals surface area (Å²) < 4.78 is 0. The first kappa shape index (κ1) is 15.4. The summed E-state index contributed by atoms with van der Waals surface area (Å²) >= 11 is 0. The highest BCUT2D eigenvalue weighted by Gasteiger charge is 2.27. The lowest BCUT2D eigenvalue weighted by atomic mass is 10.0. The van der Waals surface area contributed by atoms with Crippen LogP contribution in [-0.2, 0) is 4.79 Å². The van der Waals surface area contributed by atoms with Crippen LogP contribution in [-0.4, -0.2) is 54.0 Å². The topological polar surface area (TPSA) is 49.6 Å². The fourth-order valence-electron chi connectivity index (χ4n) is 2.86. The minimum Gasteiger partial charge on any atom is -0.341 e. The molecule has 0 aromatic carbocycles. The summed E-state index contributed by atoms with van der Waals surface area (Å²) in [7, 11) is 0. The smallest absolute Gasteiger partial charge is 0.239 e. The molecule has 1 unspecified atom stereocenters. The summed E-state index contributed by atoms with van der Waals surface area (Å²) in [6, 6.07) is 0.353. The van der Waals surface area contributed by atoms with Gasteiger partial charge in [0.15, 0.2) is 0 Å². The van der Waals surface area contributed by atoms with Crippen molar-refractivity contribution in [1.82, 2.24) is 9.80 Å². The Morgan fingerprint density at radius 3 is 2.28 bits per heavy atom. The van der Waals surface area contributed by atoms with E-state index in [9.17, 15) is 4.79 Å². The van der Waals surface area contributed by atoms with Crippen LogP contribution in [0, 0.1) is 0 Å². The Bertz CT molecular complexity index is 245. The predicted molar refractivity (Wildman–Crippen MR) is 75.4 cm³/mol. The molecule has 0 radical (unpaired) electrons. The second kappa shape index (κ2) is 7.74. The fraction of sp³-hybridized carbons (Fsp3) is 0.929. The summed E-state index contributed by atoms with van der Waals surface area (Å²) in [4.78, 5) is 16.5. The second-order valence-corrected chi connectivity index (χ2v) is 5.17. The molecule has 18 heavy (non-hydrogen) atoms. The molecule has 1 heterocycles. The summed E-state index contributed by atoms with van der Waals surface area (Å²) in [5.74, 6) is 0.148. The van der Waals surface area contributed by atoms with Crippen molar-refractivity contribution in [2.75, 3.05) is 26.2 Å². The Kier molecular flexibility index (Phi) is 6.65. The van der Waals surface area contributed by atoms with Gasteiger partial charge in [-0.15, -0.1) is 0 Å². The van der Waals surface area contributed by atoms with Crippen molar-refractivity contribution < 1.29 is 4.79 Å². The Labute approximate surface area is 111 Å². The fourth-order valence-corrected chi connectivity index (χ4v) is 2.86. The van der Waals surface area contributed by atoms with E-state index < -0.39 is 0 Å². The van der Waals surface area contributed by atoms with Crippen molar-refractivity contribution in [2.45, 2.75) is 58.5 Å². The van der Waals surface area contributed by atoms with Gasteiger partial charge in [-0.3, -0.25) is 4.79 Å². The molecule has 106 valence electrons. The Hall–Kier alpha value is -0.610. The van der Waals surface area contributed by atoms with Gasteiger partial charge in [-0.2, -0.15) is 0 Å². The number of hydrogen-bond donors (Lipinski definition) is 1. The lowest BCUT2D eigenvalue weighted by molar-refractivity contribution is -0.134. The van der Waals surface area contributed by atoms with Crippen LogP contribution >= 0.6 is 0 Å². The molecule has 0 spiro atoms. The first-order valence-corrected chi connectivity index (χ1v) is 7.42. The molecule has 0 aromatic heterocycles. The lowest BCUT2D eigenvalue weighted by Crippen LogP contribution is -2.50. The molecule has 1 rings (SSSR count). The van der Waals surface area contributed by atoms with E-state index in [1.807, 2.05) is 4.90 Å². The largest absolute Gasteiger partial charge is 0.341 e. The lowest BCUT2D eigenvalue weighted by Gasteiger charge is -2.38. The Morgan fingerprint density at radius 2 is 1.83 bits per heavy atom. The van der Waals surface area contributed by atoms with Crippen molar-refractivity contribution in [1.29, 1.82) is 0 Å². The highest BCUT2D eigenvalue weighted by atomic mass is 16.2. The maximum Gasteiger partial charge on any atom is 0.239 e. The van der Waals surface area contributed by atoms with Gasteiger partial charge in [0.1, 0.15) is 0 Å². The monoisotopic (exact) mass is 255 g/mol. The minimum atomic E-state index is -0.292. The number of carbonyl (C=O) groups excluding carboxylic acids is 1. The minimum absolute atomic E-state index is 0.148. The maximum absolute atomic E-state index is 12.1. The zero-order valence-electron chi connectivity index (χ0n) is 12.2. The molecule has 0 bridgehead atoms. The average Bonchev–Trinajstić information content (AvgIpc) is 2.40.